The summed E-state index contributed by atoms with van der Waals surface area (Å²) in [5.41, 5.74) is -1.84. The molecule has 2 amide bonds. The number of rotatable bonds is 6. The lowest BCUT2D eigenvalue weighted by Crippen LogP contribution is -2.64. The van der Waals surface area contributed by atoms with Gasteiger partial charge in [-0.3, -0.25) is 9.69 Å². The average molecular weight is 455 g/mol. The summed E-state index contributed by atoms with van der Waals surface area (Å²) in [6, 6.07) is 1.93. The van der Waals surface area contributed by atoms with Gasteiger partial charge in [0.2, 0.25) is 5.91 Å². The van der Waals surface area contributed by atoms with Crippen LogP contribution in [0.5, 0.6) is 0 Å². The van der Waals surface area contributed by atoms with E-state index in [1.54, 1.807) is 20.8 Å². The van der Waals surface area contributed by atoms with Crippen molar-refractivity contribution in [3.8, 4) is 0 Å². The first kappa shape index (κ1) is 24.4. The van der Waals surface area contributed by atoms with E-state index in [0.29, 0.717) is 25.7 Å². The maximum atomic E-state index is 13.8. The quantitative estimate of drug-likeness (QED) is 0.613. The molecule has 0 spiro atoms. The molecule has 2 aliphatic rings. The second-order valence-electron chi connectivity index (χ2n) is 9.76. The first-order chi connectivity index (χ1) is 14.9. The molecule has 3 unspecified atom stereocenters. The summed E-state index contributed by atoms with van der Waals surface area (Å²) in [6.07, 6.45) is 0.483. The molecule has 9 heteroatoms. The number of amides is 2. The van der Waals surface area contributed by atoms with Gasteiger partial charge in [-0.1, -0.05) is 0 Å². The number of fused-ring (bicyclic) bond motifs is 2. The number of benzene rings is 1. The van der Waals surface area contributed by atoms with Crippen molar-refractivity contribution in [2.24, 2.45) is 0 Å². The molecular weight excluding hydrogens is 422 g/mol. The fraction of sp³-hybridized carbons (Fsp3) is 0.652. The Labute approximate surface area is 186 Å². The minimum atomic E-state index is -1.31. The molecule has 2 saturated heterocycles. The highest BCUT2D eigenvalue weighted by Gasteiger charge is 2.59. The normalized spacial score (nSPS) is 26.0. The second kappa shape index (κ2) is 9.31. The summed E-state index contributed by atoms with van der Waals surface area (Å²) < 4.78 is 33.2. The number of hydrogen-bond donors (Lipinski definition) is 3. The molecule has 2 bridgehead atoms. The van der Waals surface area contributed by atoms with Crippen molar-refractivity contribution in [1.29, 1.82) is 0 Å². The van der Waals surface area contributed by atoms with Gasteiger partial charge in [0.1, 0.15) is 22.8 Å². The number of nitrogens with zero attached hydrogens (tertiary/aromatic N) is 1. The van der Waals surface area contributed by atoms with E-state index in [1.807, 2.05) is 0 Å². The molecule has 7 nitrogen and oxygen atoms in total. The van der Waals surface area contributed by atoms with Crippen LogP contribution in [-0.4, -0.2) is 57.0 Å². The van der Waals surface area contributed by atoms with Crippen LogP contribution in [0.4, 0.5) is 13.6 Å². The Morgan fingerprint density at radius 1 is 1.28 bits per heavy atom. The van der Waals surface area contributed by atoms with Crippen molar-refractivity contribution < 1.29 is 33.3 Å². The van der Waals surface area contributed by atoms with Gasteiger partial charge in [-0.2, -0.15) is 0 Å². The number of aliphatic hydroxyl groups is 2. The van der Waals surface area contributed by atoms with Crippen molar-refractivity contribution in [2.45, 2.75) is 88.6 Å². The molecule has 2 fully saturated rings. The van der Waals surface area contributed by atoms with Crippen LogP contribution in [-0.2, 0) is 9.53 Å². The van der Waals surface area contributed by atoms with Crippen molar-refractivity contribution in [1.82, 2.24) is 10.2 Å². The van der Waals surface area contributed by atoms with Gasteiger partial charge in [-0.05, 0) is 70.6 Å². The van der Waals surface area contributed by atoms with Crippen molar-refractivity contribution in [3.63, 3.8) is 0 Å². The zero-order valence-electron chi connectivity index (χ0n) is 18.7. The van der Waals surface area contributed by atoms with Gasteiger partial charge in [0.05, 0.1) is 12.1 Å². The van der Waals surface area contributed by atoms with Gasteiger partial charge in [0.25, 0.3) is 0 Å². The molecule has 0 aliphatic carbocycles. The Bertz CT molecular complexity index is 839. The highest BCUT2D eigenvalue weighted by molar-refractivity contribution is 5.91. The van der Waals surface area contributed by atoms with Crippen LogP contribution < -0.4 is 5.32 Å². The molecule has 0 aromatic heterocycles. The van der Waals surface area contributed by atoms with Crippen LogP contribution in [0.3, 0.4) is 0 Å². The maximum absolute atomic E-state index is 13.8. The lowest BCUT2D eigenvalue weighted by Gasteiger charge is -2.45. The number of carbonyl (C=O) groups excluding carboxylic acids is 2. The molecule has 2 heterocycles. The van der Waals surface area contributed by atoms with Gasteiger partial charge >= 0.3 is 6.09 Å². The number of nitrogens with one attached hydrogen (secondary N) is 1. The minimum absolute atomic E-state index is 0.0544. The van der Waals surface area contributed by atoms with E-state index in [-0.39, 0.29) is 31.1 Å². The Hall–Kier alpha value is -2.26. The van der Waals surface area contributed by atoms with E-state index in [0.717, 1.165) is 18.2 Å². The maximum Gasteiger partial charge on any atom is 0.411 e. The van der Waals surface area contributed by atoms with E-state index in [4.69, 9.17) is 4.74 Å². The molecule has 1 aromatic carbocycles. The Morgan fingerprint density at radius 2 is 1.94 bits per heavy atom. The summed E-state index contributed by atoms with van der Waals surface area (Å²) in [4.78, 5) is 28.1. The van der Waals surface area contributed by atoms with Crippen LogP contribution >= 0.6 is 0 Å². The summed E-state index contributed by atoms with van der Waals surface area (Å²) in [6.45, 7) is 5.06. The first-order valence-electron chi connectivity index (χ1n) is 11.0. The smallest absolute Gasteiger partial charge is 0.411 e. The van der Waals surface area contributed by atoms with Crippen molar-refractivity contribution >= 4 is 12.0 Å². The third-order valence-electron chi connectivity index (χ3n) is 6.09. The van der Waals surface area contributed by atoms with Gasteiger partial charge in [0.15, 0.2) is 0 Å². The third kappa shape index (κ3) is 5.20. The highest BCUT2D eigenvalue weighted by atomic mass is 19.1. The fourth-order valence-corrected chi connectivity index (χ4v) is 4.85. The zero-order valence-corrected chi connectivity index (χ0v) is 18.7. The van der Waals surface area contributed by atoms with Crippen molar-refractivity contribution in [2.75, 3.05) is 6.61 Å². The van der Waals surface area contributed by atoms with Crippen LogP contribution in [0.15, 0.2) is 18.2 Å². The van der Waals surface area contributed by atoms with Gasteiger partial charge in [0, 0.05) is 25.1 Å². The molecule has 0 saturated carbocycles. The Balaban J connectivity index is 1.91. The molecule has 4 atom stereocenters. The molecule has 3 N–H and O–H groups in total. The lowest BCUT2D eigenvalue weighted by molar-refractivity contribution is -0.139. The number of aliphatic hydroxyl groups excluding tert-OH is 2. The largest absolute Gasteiger partial charge is 0.444 e. The molecule has 3 rings (SSSR count). The number of hydrogen-bond acceptors (Lipinski definition) is 5. The van der Waals surface area contributed by atoms with Crippen LogP contribution in [0.1, 0.15) is 70.9 Å². The van der Waals surface area contributed by atoms with E-state index in [9.17, 15) is 28.6 Å². The second-order valence-corrected chi connectivity index (χ2v) is 9.76. The monoisotopic (exact) mass is 454 g/mol. The van der Waals surface area contributed by atoms with Crippen LogP contribution in [0, 0.1) is 11.6 Å². The van der Waals surface area contributed by atoms with E-state index >= 15 is 0 Å². The molecule has 32 heavy (non-hydrogen) atoms. The summed E-state index contributed by atoms with van der Waals surface area (Å²) in [5.74, 6) is -2.05. The van der Waals surface area contributed by atoms with E-state index in [1.165, 1.54) is 4.90 Å². The molecule has 178 valence electrons. The summed E-state index contributed by atoms with van der Waals surface area (Å²) in [7, 11) is 0. The van der Waals surface area contributed by atoms with Gasteiger partial charge in [-0.15, -0.1) is 0 Å². The van der Waals surface area contributed by atoms with Crippen molar-refractivity contribution in [3.05, 3.63) is 35.4 Å². The Morgan fingerprint density at radius 3 is 2.53 bits per heavy atom. The summed E-state index contributed by atoms with van der Waals surface area (Å²) in [5, 5.41) is 22.5. The van der Waals surface area contributed by atoms with Gasteiger partial charge in [-0.25, -0.2) is 13.6 Å². The predicted octanol–water partition coefficient (Wildman–Crippen LogP) is 3.19. The predicted molar refractivity (Wildman–Crippen MR) is 113 cm³/mol. The Kier molecular flexibility index (Phi) is 7.09. The third-order valence-corrected chi connectivity index (χ3v) is 6.09. The average Bonchev–Trinajstić information content (AvgIpc) is 2.92. The molecule has 2 aliphatic heterocycles. The van der Waals surface area contributed by atoms with Crippen LogP contribution in [0.2, 0.25) is 0 Å². The SMILES string of the molecule is CC(C)(C)OC(=O)N1C2CCC1(C(=O)N[C@@H](CCCO)c1cc(F)cc(F)c1)CC(O)C2. The number of carbonyl (C=O) groups is 2. The first-order valence-corrected chi connectivity index (χ1v) is 11.0. The summed E-state index contributed by atoms with van der Waals surface area (Å²) >= 11 is 0. The topological polar surface area (TPSA) is 99.1 Å². The molecule has 1 aromatic rings. The highest BCUT2D eigenvalue weighted by Crippen LogP contribution is 2.45. The van der Waals surface area contributed by atoms with E-state index in [2.05, 4.69) is 5.32 Å². The zero-order chi connectivity index (χ0) is 23.7. The van der Waals surface area contributed by atoms with Gasteiger partial charge < -0.3 is 20.3 Å². The number of halogens is 2. The standard InChI is InChI=1S/C23H32F2N2O5/c1-22(2,3)32-21(31)27-17-6-7-23(27,13-18(29)12-17)20(30)26-19(5-4-8-28)14-9-15(24)11-16(25)10-14/h9-11,17-19,28-29H,4-8,12-13H2,1-3H3,(H,26,30)/t17?,18?,19-,23?/m0/s1. The van der Waals surface area contributed by atoms with E-state index < -0.39 is 46.9 Å². The molecular formula is C23H32F2N2O5. The fourth-order valence-electron chi connectivity index (χ4n) is 4.85. The lowest BCUT2D eigenvalue weighted by atomic mass is 9.85. The number of ether oxygens (including phenoxy) is 1. The van der Waals surface area contributed by atoms with Crippen LogP contribution in [0.25, 0.3) is 0 Å². The number of piperidine rings is 1. The minimum Gasteiger partial charge on any atom is -0.444 e. The molecule has 0 radical (unpaired) electrons.